The Hall–Kier alpha value is -3.19. The molecule has 3 aromatic rings. The average molecular weight is 392 g/mol. The number of nitrogens with two attached hydrogens (primary N) is 1. The summed E-state index contributed by atoms with van der Waals surface area (Å²) in [6.45, 7) is 0. The van der Waals surface area contributed by atoms with E-state index in [9.17, 15) is 4.79 Å². The maximum Gasteiger partial charge on any atom is 0.253 e. The topological polar surface area (TPSA) is 103 Å². The normalized spacial score (nSPS) is 16.3. The first-order valence-electron chi connectivity index (χ1n) is 9.72. The highest BCUT2D eigenvalue weighted by Gasteiger charge is 2.37. The number of carbonyl (C=O) groups excluding carboxylic acids is 1. The summed E-state index contributed by atoms with van der Waals surface area (Å²) in [5.74, 6) is 1.27. The van der Waals surface area contributed by atoms with Gasteiger partial charge in [0, 0.05) is 5.56 Å². The molecule has 0 radical (unpaired) electrons. The third kappa shape index (κ3) is 4.00. The number of benzene rings is 2. The van der Waals surface area contributed by atoms with Crippen molar-refractivity contribution in [3.05, 3.63) is 77.4 Å². The van der Waals surface area contributed by atoms with Gasteiger partial charge in [-0.3, -0.25) is 4.79 Å². The Balaban J connectivity index is 1.62. The molecule has 1 unspecified atom stereocenters. The third-order valence-corrected chi connectivity index (χ3v) is 5.39. The zero-order valence-electron chi connectivity index (χ0n) is 16.3. The van der Waals surface area contributed by atoms with E-state index in [0.29, 0.717) is 23.0 Å². The van der Waals surface area contributed by atoms with Gasteiger partial charge >= 0.3 is 0 Å². The fourth-order valence-corrected chi connectivity index (χ4v) is 3.67. The second kappa shape index (κ2) is 8.05. The minimum absolute atomic E-state index is 0.246. The summed E-state index contributed by atoms with van der Waals surface area (Å²) in [5, 5.41) is 7.14. The maximum atomic E-state index is 12.9. The SMILES string of the molecule is COc1ccc(C(=O)NC(c2ccccc2)c2nc(C3(N)CCCC3)no2)cc1. The maximum absolute atomic E-state index is 12.9. The van der Waals surface area contributed by atoms with Crippen molar-refractivity contribution in [1.29, 1.82) is 0 Å². The third-order valence-electron chi connectivity index (χ3n) is 5.39. The Morgan fingerprint density at radius 3 is 2.48 bits per heavy atom. The van der Waals surface area contributed by atoms with Gasteiger partial charge < -0.3 is 20.3 Å². The van der Waals surface area contributed by atoms with Crippen LogP contribution in [0.3, 0.4) is 0 Å². The Morgan fingerprint density at radius 2 is 1.83 bits per heavy atom. The second-order valence-electron chi connectivity index (χ2n) is 7.37. The lowest BCUT2D eigenvalue weighted by Crippen LogP contribution is -2.34. The highest BCUT2D eigenvalue weighted by atomic mass is 16.5. The molecule has 0 bridgehead atoms. The van der Waals surface area contributed by atoms with Crippen LogP contribution in [0.4, 0.5) is 0 Å². The van der Waals surface area contributed by atoms with Crippen molar-refractivity contribution < 1.29 is 14.1 Å². The number of methoxy groups -OCH3 is 1. The summed E-state index contributed by atoms with van der Waals surface area (Å²) in [5.41, 5.74) is 7.28. The second-order valence-corrected chi connectivity index (χ2v) is 7.37. The Morgan fingerprint density at radius 1 is 1.14 bits per heavy atom. The number of carbonyl (C=O) groups is 1. The van der Waals surface area contributed by atoms with Crippen LogP contribution in [0.25, 0.3) is 0 Å². The fourth-order valence-electron chi connectivity index (χ4n) is 3.67. The molecule has 150 valence electrons. The van der Waals surface area contributed by atoms with Crippen molar-refractivity contribution in [2.75, 3.05) is 7.11 Å². The summed E-state index contributed by atoms with van der Waals surface area (Å²) in [6, 6.07) is 15.9. The van der Waals surface area contributed by atoms with Gasteiger partial charge in [-0.1, -0.05) is 48.3 Å². The number of hydrogen-bond donors (Lipinski definition) is 2. The number of rotatable bonds is 6. The number of nitrogens with zero attached hydrogens (tertiary/aromatic N) is 2. The first-order chi connectivity index (χ1) is 14.1. The number of ether oxygens (including phenoxy) is 1. The molecule has 1 aliphatic carbocycles. The number of aromatic nitrogens is 2. The van der Waals surface area contributed by atoms with E-state index in [2.05, 4.69) is 15.5 Å². The van der Waals surface area contributed by atoms with Gasteiger partial charge in [-0.15, -0.1) is 0 Å². The van der Waals surface area contributed by atoms with Gasteiger partial charge in [0.05, 0.1) is 12.6 Å². The predicted molar refractivity (Wildman–Crippen MR) is 107 cm³/mol. The zero-order valence-corrected chi connectivity index (χ0v) is 16.3. The van der Waals surface area contributed by atoms with E-state index in [1.54, 1.807) is 31.4 Å². The molecule has 0 saturated heterocycles. The first kappa shape index (κ1) is 19.1. The molecule has 1 amide bonds. The number of amides is 1. The quantitative estimate of drug-likeness (QED) is 0.667. The molecule has 1 saturated carbocycles. The van der Waals surface area contributed by atoms with E-state index in [1.807, 2.05) is 30.3 Å². The lowest BCUT2D eigenvalue weighted by Gasteiger charge is -2.18. The van der Waals surface area contributed by atoms with Gasteiger partial charge in [0.1, 0.15) is 11.8 Å². The van der Waals surface area contributed by atoms with Gasteiger partial charge in [0.2, 0.25) is 0 Å². The molecule has 7 nitrogen and oxygen atoms in total. The molecular formula is C22H24N4O3. The summed E-state index contributed by atoms with van der Waals surface area (Å²) in [4.78, 5) is 17.4. The van der Waals surface area contributed by atoms with Gasteiger partial charge in [0.25, 0.3) is 11.8 Å². The Kier molecular flexibility index (Phi) is 5.31. The zero-order chi connectivity index (χ0) is 20.3. The van der Waals surface area contributed by atoms with Gasteiger partial charge in [0.15, 0.2) is 5.82 Å². The molecule has 1 fully saturated rings. The molecule has 1 aliphatic rings. The van der Waals surface area contributed by atoms with Crippen LogP contribution >= 0.6 is 0 Å². The average Bonchev–Trinajstić information content (AvgIpc) is 3.43. The monoisotopic (exact) mass is 392 g/mol. The predicted octanol–water partition coefficient (Wildman–Crippen LogP) is 3.33. The fraction of sp³-hybridized carbons (Fsp3) is 0.318. The van der Waals surface area contributed by atoms with E-state index < -0.39 is 11.6 Å². The van der Waals surface area contributed by atoms with Gasteiger partial charge in [-0.25, -0.2) is 0 Å². The van der Waals surface area contributed by atoms with Crippen molar-refractivity contribution in [3.8, 4) is 5.75 Å². The van der Waals surface area contributed by atoms with Crippen LogP contribution in [-0.2, 0) is 5.54 Å². The van der Waals surface area contributed by atoms with Crippen LogP contribution in [0.15, 0.2) is 59.1 Å². The molecule has 3 N–H and O–H groups in total. The van der Waals surface area contributed by atoms with Gasteiger partial charge in [-0.2, -0.15) is 4.98 Å². The van der Waals surface area contributed by atoms with Crippen LogP contribution in [0, 0.1) is 0 Å². The van der Waals surface area contributed by atoms with Crippen molar-refractivity contribution >= 4 is 5.91 Å². The molecule has 2 aromatic carbocycles. The standard InChI is InChI=1S/C22H24N4O3/c1-28-17-11-9-16(10-12-17)19(27)24-18(15-7-3-2-4-8-15)20-25-21(26-29-20)22(23)13-5-6-14-22/h2-4,7-12,18H,5-6,13-14,23H2,1H3,(H,24,27). The lowest BCUT2D eigenvalue weighted by atomic mass is 9.98. The van der Waals surface area contributed by atoms with E-state index in [-0.39, 0.29) is 5.91 Å². The van der Waals surface area contributed by atoms with Crippen LogP contribution in [0.2, 0.25) is 0 Å². The molecule has 1 heterocycles. The van der Waals surface area contributed by atoms with E-state index >= 15 is 0 Å². The smallest absolute Gasteiger partial charge is 0.253 e. The van der Waals surface area contributed by atoms with Crippen LogP contribution in [-0.4, -0.2) is 23.2 Å². The number of nitrogens with one attached hydrogen (secondary N) is 1. The van der Waals surface area contributed by atoms with Crippen LogP contribution in [0.1, 0.15) is 59.4 Å². The largest absolute Gasteiger partial charge is 0.497 e. The summed E-state index contributed by atoms with van der Waals surface area (Å²) in [6.07, 6.45) is 3.77. The van der Waals surface area contributed by atoms with Crippen molar-refractivity contribution in [2.24, 2.45) is 5.73 Å². The van der Waals surface area contributed by atoms with Crippen molar-refractivity contribution in [1.82, 2.24) is 15.5 Å². The van der Waals surface area contributed by atoms with E-state index in [1.165, 1.54) is 0 Å². The van der Waals surface area contributed by atoms with Crippen molar-refractivity contribution in [3.63, 3.8) is 0 Å². The minimum Gasteiger partial charge on any atom is -0.497 e. The Bertz CT molecular complexity index is 963. The number of hydrogen-bond acceptors (Lipinski definition) is 6. The van der Waals surface area contributed by atoms with Crippen LogP contribution in [0.5, 0.6) is 5.75 Å². The molecule has 0 spiro atoms. The highest BCUT2D eigenvalue weighted by Crippen LogP contribution is 2.35. The van der Waals surface area contributed by atoms with Crippen molar-refractivity contribution in [2.45, 2.75) is 37.3 Å². The lowest BCUT2D eigenvalue weighted by molar-refractivity contribution is 0.0936. The summed E-state index contributed by atoms with van der Waals surface area (Å²) < 4.78 is 10.7. The molecular weight excluding hydrogens is 368 g/mol. The Labute approximate surface area is 169 Å². The van der Waals surface area contributed by atoms with Gasteiger partial charge in [-0.05, 0) is 42.7 Å². The minimum atomic E-state index is -0.572. The molecule has 7 heteroatoms. The van der Waals surface area contributed by atoms with E-state index in [0.717, 1.165) is 31.2 Å². The molecule has 1 aromatic heterocycles. The first-order valence-corrected chi connectivity index (χ1v) is 9.72. The molecule has 1 atom stereocenters. The molecule has 29 heavy (non-hydrogen) atoms. The molecule has 0 aliphatic heterocycles. The van der Waals surface area contributed by atoms with Crippen LogP contribution < -0.4 is 15.8 Å². The highest BCUT2D eigenvalue weighted by molar-refractivity contribution is 5.94. The molecule has 4 rings (SSSR count). The summed E-state index contributed by atoms with van der Waals surface area (Å²) >= 11 is 0. The summed E-state index contributed by atoms with van der Waals surface area (Å²) in [7, 11) is 1.59. The van der Waals surface area contributed by atoms with E-state index in [4.69, 9.17) is 15.0 Å².